The number of carbonyl (C=O) groups excluding carboxylic acids is 1. The molecule has 0 spiro atoms. The molecule has 2 rings (SSSR count). The van der Waals surface area contributed by atoms with Gasteiger partial charge in [0.2, 0.25) is 0 Å². The Morgan fingerprint density at radius 1 is 1.50 bits per heavy atom. The molecule has 4 atom stereocenters. The Morgan fingerprint density at radius 2 is 2.25 bits per heavy atom. The summed E-state index contributed by atoms with van der Waals surface area (Å²) in [4.78, 5) is 14.4. The van der Waals surface area contributed by atoms with Gasteiger partial charge >= 0.3 is 5.97 Å². The number of hydrogen-bond donors (Lipinski definition) is 1. The first kappa shape index (κ1) is 15.7. The van der Waals surface area contributed by atoms with E-state index >= 15 is 0 Å². The Kier molecular flexibility index (Phi) is 5.04. The van der Waals surface area contributed by atoms with Crippen LogP contribution in [0.3, 0.4) is 0 Å². The molecule has 1 aliphatic heterocycles. The molecule has 0 aromatic heterocycles. The monoisotopic (exact) mass is 284 g/mol. The molecule has 116 valence electrons. The van der Waals surface area contributed by atoms with Crippen molar-refractivity contribution in [3.8, 4) is 0 Å². The van der Waals surface area contributed by atoms with Gasteiger partial charge in [0.05, 0.1) is 19.8 Å². The number of carbonyl (C=O) groups is 1. The van der Waals surface area contributed by atoms with Crippen molar-refractivity contribution in [2.24, 2.45) is 11.7 Å². The van der Waals surface area contributed by atoms with Crippen molar-refractivity contribution >= 4 is 5.97 Å². The van der Waals surface area contributed by atoms with Crippen LogP contribution in [0, 0.1) is 5.92 Å². The van der Waals surface area contributed by atoms with Crippen LogP contribution >= 0.6 is 0 Å². The van der Waals surface area contributed by atoms with Crippen molar-refractivity contribution in [2.75, 3.05) is 26.8 Å². The summed E-state index contributed by atoms with van der Waals surface area (Å²) in [5, 5.41) is 0. The van der Waals surface area contributed by atoms with E-state index in [0.29, 0.717) is 6.04 Å². The summed E-state index contributed by atoms with van der Waals surface area (Å²) in [6.45, 7) is 7.03. The minimum Gasteiger partial charge on any atom is -0.468 e. The van der Waals surface area contributed by atoms with E-state index in [-0.39, 0.29) is 18.0 Å². The molecule has 0 aromatic rings. The minimum atomic E-state index is -0.768. The summed E-state index contributed by atoms with van der Waals surface area (Å²) in [5.74, 6) is -0.0105. The Morgan fingerprint density at radius 3 is 2.95 bits per heavy atom. The van der Waals surface area contributed by atoms with Gasteiger partial charge in [-0.25, -0.2) is 0 Å². The minimum absolute atomic E-state index is 0.236. The van der Waals surface area contributed by atoms with Gasteiger partial charge in [-0.2, -0.15) is 0 Å². The van der Waals surface area contributed by atoms with E-state index in [1.807, 2.05) is 0 Å². The maximum Gasteiger partial charge on any atom is 0.326 e. The standard InChI is InChI=1S/C15H28N2O3/c1-11-10-20-12(2)9-17(11)8-6-13-5-4-7-15(13,16)14(18)19-3/h11-13H,4-10,16H2,1-3H3. The first-order chi connectivity index (χ1) is 9.47. The molecule has 0 bridgehead atoms. The quantitative estimate of drug-likeness (QED) is 0.785. The molecule has 2 fully saturated rings. The molecule has 0 amide bonds. The number of morpholine rings is 1. The lowest BCUT2D eigenvalue weighted by Gasteiger charge is -2.38. The number of hydrogen-bond acceptors (Lipinski definition) is 5. The average Bonchev–Trinajstić information content (AvgIpc) is 2.81. The third kappa shape index (κ3) is 3.15. The normalized spacial score (nSPS) is 38.9. The van der Waals surface area contributed by atoms with Gasteiger partial charge in [-0.3, -0.25) is 9.69 Å². The Bertz CT molecular complexity index is 350. The van der Waals surface area contributed by atoms with Gasteiger partial charge in [-0.05, 0) is 45.6 Å². The molecule has 0 radical (unpaired) electrons. The molecule has 1 saturated heterocycles. The van der Waals surface area contributed by atoms with Crippen molar-refractivity contribution in [2.45, 2.75) is 57.2 Å². The topological polar surface area (TPSA) is 64.8 Å². The smallest absolute Gasteiger partial charge is 0.326 e. The summed E-state index contributed by atoms with van der Waals surface area (Å²) in [6, 6.07) is 0.443. The highest BCUT2D eigenvalue weighted by molar-refractivity contribution is 5.81. The van der Waals surface area contributed by atoms with Gasteiger partial charge in [-0.1, -0.05) is 6.42 Å². The van der Waals surface area contributed by atoms with E-state index in [4.69, 9.17) is 15.2 Å². The van der Waals surface area contributed by atoms with Crippen LogP contribution in [0.25, 0.3) is 0 Å². The number of esters is 1. The van der Waals surface area contributed by atoms with Crippen molar-refractivity contribution in [3.63, 3.8) is 0 Å². The first-order valence-electron chi connectivity index (χ1n) is 7.70. The Hall–Kier alpha value is -0.650. The second-order valence-corrected chi connectivity index (χ2v) is 6.40. The van der Waals surface area contributed by atoms with E-state index in [1.54, 1.807) is 0 Å². The SMILES string of the molecule is COC(=O)C1(N)CCCC1CCN1CC(C)OCC1C. The Labute approximate surface area is 121 Å². The third-order valence-electron chi connectivity index (χ3n) is 4.94. The van der Waals surface area contributed by atoms with Gasteiger partial charge in [-0.15, -0.1) is 0 Å². The van der Waals surface area contributed by atoms with E-state index in [2.05, 4.69) is 18.7 Å². The van der Waals surface area contributed by atoms with E-state index in [1.165, 1.54) is 7.11 Å². The van der Waals surface area contributed by atoms with Crippen LogP contribution in [0.1, 0.15) is 39.5 Å². The molecule has 2 N–H and O–H groups in total. The molecule has 2 aliphatic rings. The molecule has 1 heterocycles. The summed E-state index contributed by atoms with van der Waals surface area (Å²) in [6.07, 6.45) is 4.05. The number of nitrogens with two attached hydrogens (primary N) is 1. The van der Waals surface area contributed by atoms with Crippen LogP contribution in [0.4, 0.5) is 0 Å². The second kappa shape index (κ2) is 6.41. The van der Waals surface area contributed by atoms with Gasteiger partial charge in [0.15, 0.2) is 0 Å². The number of methoxy groups -OCH3 is 1. The van der Waals surface area contributed by atoms with E-state index in [0.717, 1.165) is 45.4 Å². The molecule has 20 heavy (non-hydrogen) atoms. The van der Waals surface area contributed by atoms with Crippen molar-refractivity contribution < 1.29 is 14.3 Å². The predicted octanol–water partition coefficient (Wildman–Crippen LogP) is 1.16. The molecule has 0 aromatic carbocycles. The fourth-order valence-corrected chi connectivity index (χ4v) is 3.57. The fraction of sp³-hybridized carbons (Fsp3) is 0.933. The first-order valence-corrected chi connectivity index (χ1v) is 7.70. The lowest BCUT2D eigenvalue weighted by atomic mass is 9.85. The highest BCUT2D eigenvalue weighted by Gasteiger charge is 2.46. The maximum atomic E-state index is 11.9. The van der Waals surface area contributed by atoms with Gasteiger partial charge in [0, 0.05) is 12.6 Å². The third-order valence-corrected chi connectivity index (χ3v) is 4.94. The highest BCUT2D eigenvalue weighted by Crippen LogP contribution is 2.37. The molecule has 5 nitrogen and oxygen atoms in total. The van der Waals surface area contributed by atoms with Crippen LogP contribution in [0.5, 0.6) is 0 Å². The van der Waals surface area contributed by atoms with Crippen molar-refractivity contribution in [1.29, 1.82) is 0 Å². The number of nitrogens with zero attached hydrogens (tertiary/aromatic N) is 1. The fourth-order valence-electron chi connectivity index (χ4n) is 3.57. The lowest BCUT2D eigenvalue weighted by molar-refractivity contribution is -0.148. The van der Waals surface area contributed by atoms with Crippen LogP contribution in [0.2, 0.25) is 0 Å². The largest absolute Gasteiger partial charge is 0.468 e. The lowest BCUT2D eigenvalue weighted by Crippen LogP contribution is -2.53. The highest BCUT2D eigenvalue weighted by atomic mass is 16.5. The van der Waals surface area contributed by atoms with E-state index < -0.39 is 5.54 Å². The molecular weight excluding hydrogens is 256 g/mol. The van der Waals surface area contributed by atoms with Crippen LogP contribution in [-0.4, -0.2) is 55.4 Å². The van der Waals surface area contributed by atoms with Crippen LogP contribution in [-0.2, 0) is 14.3 Å². The van der Waals surface area contributed by atoms with Gasteiger partial charge in [0.25, 0.3) is 0 Å². The van der Waals surface area contributed by atoms with Gasteiger partial charge < -0.3 is 15.2 Å². The summed E-state index contributed by atoms with van der Waals surface area (Å²) in [5.41, 5.74) is 5.55. The zero-order valence-corrected chi connectivity index (χ0v) is 12.9. The summed E-state index contributed by atoms with van der Waals surface area (Å²) in [7, 11) is 1.43. The van der Waals surface area contributed by atoms with Crippen molar-refractivity contribution in [3.05, 3.63) is 0 Å². The average molecular weight is 284 g/mol. The molecule has 4 unspecified atom stereocenters. The summed E-state index contributed by atoms with van der Waals surface area (Å²) >= 11 is 0. The molecular formula is C15H28N2O3. The van der Waals surface area contributed by atoms with E-state index in [9.17, 15) is 4.79 Å². The summed E-state index contributed by atoms with van der Waals surface area (Å²) < 4.78 is 10.5. The van der Waals surface area contributed by atoms with Crippen molar-refractivity contribution in [1.82, 2.24) is 4.90 Å². The predicted molar refractivity (Wildman–Crippen MR) is 77.3 cm³/mol. The zero-order chi connectivity index (χ0) is 14.8. The van der Waals surface area contributed by atoms with Gasteiger partial charge in [0.1, 0.15) is 5.54 Å². The molecule has 5 heteroatoms. The second-order valence-electron chi connectivity index (χ2n) is 6.40. The Balaban J connectivity index is 1.91. The number of ether oxygens (including phenoxy) is 2. The molecule has 1 aliphatic carbocycles. The zero-order valence-electron chi connectivity index (χ0n) is 12.9. The molecule has 1 saturated carbocycles. The number of rotatable bonds is 4. The maximum absolute atomic E-state index is 11.9. The van der Waals surface area contributed by atoms with Crippen LogP contribution in [0.15, 0.2) is 0 Å². The van der Waals surface area contributed by atoms with Crippen LogP contribution < -0.4 is 5.73 Å².